The highest BCUT2D eigenvalue weighted by atomic mass is 16.5. The average molecular weight is 203 g/mol. The maximum atomic E-state index is 5.42. The van der Waals surface area contributed by atoms with Crippen LogP contribution in [0.2, 0.25) is 0 Å². The van der Waals surface area contributed by atoms with E-state index >= 15 is 0 Å². The fourth-order valence-corrected chi connectivity index (χ4v) is 1.42. The van der Waals surface area contributed by atoms with Crippen LogP contribution in [0, 0.1) is 0 Å². The van der Waals surface area contributed by atoms with Crippen molar-refractivity contribution in [3.05, 3.63) is 0 Å². The quantitative estimate of drug-likeness (QED) is 0.652. The molecule has 0 aromatic carbocycles. The maximum Gasteiger partial charge on any atom is 0.0638 e. The number of nitrogens with one attached hydrogen (secondary N) is 1. The highest BCUT2D eigenvalue weighted by Crippen LogP contribution is 2.15. The van der Waals surface area contributed by atoms with Crippen LogP contribution in [-0.4, -0.2) is 38.5 Å². The summed E-state index contributed by atoms with van der Waals surface area (Å²) in [7, 11) is 1.75. The monoisotopic (exact) mass is 203 g/mol. The van der Waals surface area contributed by atoms with E-state index in [1.165, 1.54) is 0 Å². The van der Waals surface area contributed by atoms with E-state index in [1.54, 1.807) is 7.11 Å². The van der Waals surface area contributed by atoms with E-state index in [-0.39, 0.29) is 5.60 Å². The number of ether oxygens (including phenoxy) is 2. The van der Waals surface area contributed by atoms with Gasteiger partial charge in [-0.15, -0.1) is 0 Å². The Morgan fingerprint density at radius 3 is 2.36 bits per heavy atom. The molecule has 1 atom stereocenters. The van der Waals surface area contributed by atoms with Gasteiger partial charge in [0, 0.05) is 19.8 Å². The van der Waals surface area contributed by atoms with Gasteiger partial charge in [-0.1, -0.05) is 6.92 Å². The van der Waals surface area contributed by atoms with Crippen LogP contribution >= 0.6 is 0 Å². The van der Waals surface area contributed by atoms with E-state index in [0.29, 0.717) is 6.04 Å². The van der Waals surface area contributed by atoms with Crippen LogP contribution in [-0.2, 0) is 9.47 Å². The molecule has 0 aliphatic heterocycles. The number of methoxy groups -OCH3 is 1. The van der Waals surface area contributed by atoms with Crippen molar-refractivity contribution in [3.63, 3.8) is 0 Å². The first kappa shape index (κ1) is 13.9. The predicted octanol–water partition coefficient (Wildman–Crippen LogP) is 1.82. The minimum atomic E-state index is -0.0794. The molecule has 14 heavy (non-hydrogen) atoms. The molecule has 0 aliphatic rings. The van der Waals surface area contributed by atoms with Gasteiger partial charge in [-0.2, -0.15) is 0 Å². The minimum absolute atomic E-state index is 0.0794. The largest absolute Gasteiger partial charge is 0.380 e. The Bertz CT molecular complexity index is 137. The minimum Gasteiger partial charge on any atom is -0.380 e. The third-order valence-electron chi connectivity index (χ3n) is 2.31. The molecule has 0 fully saturated rings. The zero-order valence-corrected chi connectivity index (χ0v) is 10.2. The zero-order chi connectivity index (χ0) is 11.0. The van der Waals surface area contributed by atoms with Crippen molar-refractivity contribution in [2.24, 2.45) is 0 Å². The summed E-state index contributed by atoms with van der Waals surface area (Å²) in [5, 5.41) is 3.40. The molecule has 0 aliphatic carbocycles. The lowest BCUT2D eigenvalue weighted by molar-refractivity contribution is -0.00356. The summed E-state index contributed by atoms with van der Waals surface area (Å²) in [4.78, 5) is 0. The molecular weight excluding hydrogens is 178 g/mol. The molecule has 0 heterocycles. The van der Waals surface area contributed by atoms with E-state index in [4.69, 9.17) is 9.47 Å². The summed E-state index contributed by atoms with van der Waals surface area (Å²) >= 11 is 0. The summed E-state index contributed by atoms with van der Waals surface area (Å²) in [6.07, 6.45) is 0.970. The van der Waals surface area contributed by atoms with Crippen LogP contribution in [0.4, 0.5) is 0 Å². The van der Waals surface area contributed by atoms with Gasteiger partial charge in [0.2, 0.25) is 0 Å². The maximum absolute atomic E-state index is 5.42. The van der Waals surface area contributed by atoms with E-state index in [9.17, 15) is 0 Å². The SMILES string of the molecule is CCNC(COCC)CC(C)(C)OC. The van der Waals surface area contributed by atoms with Crippen molar-refractivity contribution in [2.45, 2.75) is 45.8 Å². The molecule has 86 valence electrons. The van der Waals surface area contributed by atoms with Gasteiger partial charge in [-0.3, -0.25) is 0 Å². The van der Waals surface area contributed by atoms with E-state index in [1.807, 2.05) is 6.92 Å². The standard InChI is InChI=1S/C11H25NO2/c1-6-12-10(9-14-7-2)8-11(3,4)13-5/h10,12H,6-9H2,1-5H3. The van der Waals surface area contributed by atoms with Crippen molar-refractivity contribution in [3.8, 4) is 0 Å². The molecule has 0 amide bonds. The van der Waals surface area contributed by atoms with Crippen LogP contribution in [0.5, 0.6) is 0 Å². The summed E-state index contributed by atoms with van der Waals surface area (Å²) in [5.41, 5.74) is -0.0794. The van der Waals surface area contributed by atoms with Crippen LogP contribution in [0.25, 0.3) is 0 Å². The van der Waals surface area contributed by atoms with Crippen LogP contribution < -0.4 is 5.32 Å². The van der Waals surface area contributed by atoms with Gasteiger partial charge in [0.15, 0.2) is 0 Å². The van der Waals surface area contributed by atoms with Gasteiger partial charge in [0.1, 0.15) is 0 Å². The molecule has 0 saturated heterocycles. The fourth-order valence-electron chi connectivity index (χ4n) is 1.42. The summed E-state index contributed by atoms with van der Waals surface area (Å²) < 4.78 is 10.8. The third-order valence-corrected chi connectivity index (χ3v) is 2.31. The smallest absolute Gasteiger partial charge is 0.0638 e. The first-order valence-corrected chi connectivity index (χ1v) is 5.42. The fraction of sp³-hybridized carbons (Fsp3) is 1.00. The molecule has 0 spiro atoms. The molecule has 0 aromatic heterocycles. The van der Waals surface area contributed by atoms with Gasteiger partial charge in [-0.25, -0.2) is 0 Å². The number of likely N-dealkylation sites (N-methyl/N-ethyl adjacent to an activating group) is 1. The summed E-state index contributed by atoms with van der Waals surface area (Å²) in [6.45, 7) is 10.8. The lowest BCUT2D eigenvalue weighted by Crippen LogP contribution is -2.40. The van der Waals surface area contributed by atoms with Gasteiger partial charge in [-0.05, 0) is 33.7 Å². The molecule has 0 bridgehead atoms. The van der Waals surface area contributed by atoms with Gasteiger partial charge < -0.3 is 14.8 Å². The highest BCUT2D eigenvalue weighted by Gasteiger charge is 2.22. The highest BCUT2D eigenvalue weighted by molar-refractivity contribution is 4.77. The molecule has 0 saturated carbocycles. The van der Waals surface area contributed by atoms with E-state index in [2.05, 4.69) is 26.1 Å². The summed E-state index contributed by atoms with van der Waals surface area (Å²) in [5.74, 6) is 0. The molecule has 0 radical (unpaired) electrons. The molecule has 0 rings (SSSR count). The Morgan fingerprint density at radius 2 is 1.93 bits per heavy atom. The number of hydrogen-bond donors (Lipinski definition) is 1. The Balaban J connectivity index is 3.94. The Hall–Kier alpha value is -0.120. The van der Waals surface area contributed by atoms with Gasteiger partial charge in [0.25, 0.3) is 0 Å². The Morgan fingerprint density at radius 1 is 1.29 bits per heavy atom. The van der Waals surface area contributed by atoms with Crippen molar-refractivity contribution in [2.75, 3.05) is 26.9 Å². The zero-order valence-electron chi connectivity index (χ0n) is 10.2. The normalized spacial score (nSPS) is 14.4. The molecular formula is C11H25NO2. The second-order valence-electron chi connectivity index (χ2n) is 4.08. The second kappa shape index (κ2) is 7.21. The Labute approximate surface area is 88.2 Å². The second-order valence-corrected chi connectivity index (χ2v) is 4.08. The van der Waals surface area contributed by atoms with Crippen molar-refractivity contribution in [1.82, 2.24) is 5.32 Å². The lowest BCUT2D eigenvalue weighted by Gasteiger charge is -2.28. The third kappa shape index (κ3) is 6.35. The first-order valence-electron chi connectivity index (χ1n) is 5.42. The Kier molecular flexibility index (Phi) is 7.15. The van der Waals surface area contributed by atoms with E-state index in [0.717, 1.165) is 26.2 Å². The number of hydrogen-bond acceptors (Lipinski definition) is 3. The van der Waals surface area contributed by atoms with Crippen LogP contribution in [0.1, 0.15) is 34.1 Å². The molecule has 3 nitrogen and oxygen atoms in total. The molecule has 1 unspecified atom stereocenters. The van der Waals surface area contributed by atoms with Gasteiger partial charge >= 0.3 is 0 Å². The van der Waals surface area contributed by atoms with Crippen molar-refractivity contribution < 1.29 is 9.47 Å². The summed E-state index contributed by atoms with van der Waals surface area (Å²) in [6, 6.07) is 0.384. The molecule has 0 aromatic rings. The van der Waals surface area contributed by atoms with Crippen LogP contribution in [0.15, 0.2) is 0 Å². The van der Waals surface area contributed by atoms with Crippen molar-refractivity contribution >= 4 is 0 Å². The van der Waals surface area contributed by atoms with Crippen LogP contribution in [0.3, 0.4) is 0 Å². The topological polar surface area (TPSA) is 30.5 Å². The average Bonchev–Trinajstić information content (AvgIpc) is 2.14. The predicted molar refractivity (Wildman–Crippen MR) is 59.7 cm³/mol. The van der Waals surface area contributed by atoms with E-state index < -0.39 is 0 Å². The van der Waals surface area contributed by atoms with Gasteiger partial charge in [0.05, 0.1) is 12.2 Å². The number of rotatable bonds is 8. The molecule has 3 heteroatoms. The first-order chi connectivity index (χ1) is 6.55. The molecule has 1 N–H and O–H groups in total. The lowest BCUT2D eigenvalue weighted by atomic mass is 9.99. The van der Waals surface area contributed by atoms with Crippen molar-refractivity contribution in [1.29, 1.82) is 0 Å².